The number of carbonyl (C=O) groups excluding carboxylic acids is 1. The topological polar surface area (TPSA) is 69.7 Å². The third-order valence-corrected chi connectivity index (χ3v) is 16.4. The van der Waals surface area contributed by atoms with Crippen molar-refractivity contribution in [2.45, 2.75) is 117 Å². The van der Waals surface area contributed by atoms with Crippen molar-refractivity contribution in [1.29, 1.82) is 0 Å². The third kappa shape index (κ3) is 9.12. The molecule has 0 spiro atoms. The number of halogens is 27. The number of hydrogen-bond donors (Lipinski definition) is 0. The number of alkyl halides is 27. The Hall–Kier alpha value is -3.95. The van der Waals surface area contributed by atoms with Gasteiger partial charge in [-0.2, -0.15) is 123 Å². The Labute approximate surface area is 397 Å². The molecule has 0 amide bonds. The van der Waals surface area contributed by atoms with E-state index in [4.69, 9.17) is 0 Å². The zero-order valence-corrected chi connectivity index (χ0v) is 37.7. The van der Waals surface area contributed by atoms with Crippen LogP contribution in [-0.4, -0.2) is 103 Å². The third-order valence-electron chi connectivity index (χ3n) is 10.1. The molecule has 0 aliphatic rings. The van der Waals surface area contributed by atoms with Crippen LogP contribution in [0.15, 0.2) is 106 Å². The van der Waals surface area contributed by atoms with Gasteiger partial charge in [-0.05, 0) is 59.5 Å². The number of ether oxygens (including phenoxy) is 1. The van der Waals surface area contributed by atoms with Gasteiger partial charge in [-0.1, -0.05) is 83.4 Å². The van der Waals surface area contributed by atoms with Crippen LogP contribution in [0.4, 0.5) is 114 Å². The molecule has 0 unspecified atom stereocenters. The highest BCUT2D eigenvalue weighted by atomic mass is 79.9. The molecule has 0 aliphatic heterocycles. The lowest BCUT2D eigenvalue weighted by molar-refractivity contribution is -0.457. The van der Waals surface area contributed by atoms with Crippen molar-refractivity contribution in [3.63, 3.8) is 0 Å². The zero-order chi connectivity index (χ0) is 56.1. The van der Waals surface area contributed by atoms with E-state index in [1.165, 1.54) is 0 Å². The predicted molar refractivity (Wildman–Crippen MR) is 199 cm³/mol. The molecule has 0 fully saturated rings. The molecule has 5 nitrogen and oxygen atoms in total. The van der Waals surface area contributed by atoms with Crippen molar-refractivity contribution in [2.75, 3.05) is 11.9 Å². The molecule has 0 saturated heterocycles. The van der Waals surface area contributed by atoms with Gasteiger partial charge in [0.15, 0.2) is 0 Å². The highest BCUT2D eigenvalue weighted by Gasteiger charge is 3.03. The van der Waals surface area contributed by atoms with Crippen molar-refractivity contribution in [1.82, 2.24) is 0 Å². The Morgan fingerprint density at radius 3 is 0.931 bits per heavy atom. The van der Waals surface area contributed by atoms with Crippen LogP contribution in [0.5, 0.6) is 0 Å². The molecule has 0 bridgehead atoms. The van der Waals surface area contributed by atoms with Crippen LogP contribution in [-0.2, 0) is 23.3 Å². The van der Waals surface area contributed by atoms with Crippen LogP contribution < -0.4 is 0 Å². The molecule has 0 heterocycles. The molecule has 0 atom stereocenters. The summed E-state index contributed by atoms with van der Waals surface area (Å²) in [5, 5.41) is 0.0148. The average Bonchev–Trinajstić information content (AvgIpc) is 3.26. The number of rotatable bonds is 23. The number of carbonyl (C=O) groups is 1. The standard InChI is InChI=1S/C38H27BrF26O5S2/c39-20-12-1-2-13-21-69-25(66)26(27(40,41)29(44,45)31(48,49)33(52,53)35(56,57)37(60,61)62,28(42,43)30(46,47)32(50,51)34(54,55)36(58,59)38(63,64)65)72(67,68)70-71(22-14-6-3-7-15-22,23-16-8-4-9-17-23)24-18-10-5-11-19-24/h3-11,14-19H,1-2,12-13,20-21H2. The molecule has 34 heteroatoms. The summed E-state index contributed by atoms with van der Waals surface area (Å²) in [6.07, 6.45) is -19.0. The van der Waals surface area contributed by atoms with Crippen LogP contribution in [0.1, 0.15) is 25.7 Å². The van der Waals surface area contributed by atoms with Gasteiger partial charge in [-0.15, -0.1) is 0 Å². The highest BCUT2D eigenvalue weighted by molar-refractivity contribution is 9.09. The smallest absolute Gasteiger partial charge is 0.460 e. The Kier molecular flexibility index (Phi) is 17.3. The molecule has 0 N–H and O–H groups in total. The molecule has 0 radical (unpaired) electrons. The van der Waals surface area contributed by atoms with Crippen molar-refractivity contribution in [3.05, 3.63) is 91.0 Å². The summed E-state index contributed by atoms with van der Waals surface area (Å²) in [7, 11) is -15.2. The molecule has 3 aromatic carbocycles. The van der Waals surface area contributed by atoms with Crippen molar-refractivity contribution >= 4 is 42.3 Å². The maximum Gasteiger partial charge on any atom is 0.460 e. The maximum atomic E-state index is 17.2. The molecule has 3 rings (SSSR count). The Bertz CT molecular complexity index is 2270. The van der Waals surface area contributed by atoms with Gasteiger partial charge in [0.1, 0.15) is 0 Å². The van der Waals surface area contributed by atoms with Gasteiger partial charge in [0, 0.05) is 20.0 Å². The molecule has 0 saturated carbocycles. The monoisotopic (exact) mass is 1200 g/mol. The summed E-state index contributed by atoms with van der Waals surface area (Å²) in [6, 6.07) is 9.96. The highest BCUT2D eigenvalue weighted by Crippen LogP contribution is 2.74. The SMILES string of the molecule is O=C(OCCCCCCBr)C(C(F)(F)C(F)(F)C(F)(F)C(F)(F)C(F)(F)C(F)(F)F)(C(F)(F)C(F)(F)C(F)(F)C(F)(F)C(F)(F)C(F)(F)F)S(=O)(=O)OS(c1ccccc1)(c1ccccc1)c1ccccc1. The van der Waals surface area contributed by atoms with Crippen LogP contribution in [0.25, 0.3) is 0 Å². The molecule has 0 aromatic heterocycles. The van der Waals surface area contributed by atoms with Crippen LogP contribution in [0, 0.1) is 0 Å². The lowest BCUT2D eigenvalue weighted by Crippen LogP contribution is -2.84. The Morgan fingerprint density at radius 1 is 0.389 bits per heavy atom. The van der Waals surface area contributed by atoms with E-state index < -0.39 is 137 Å². The van der Waals surface area contributed by atoms with Crippen LogP contribution in [0.2, 0.25) is 0 Å². The summed E-state index contributed by atoms with van der Waals surface area (Å²) in [5.41, 5.74) is 0. The van der Waals surface area contributed by atoms with Crippen molar-refractivity contribution in [3.8, 4) is 0 Å². The molecular formula is C38H27BrF26O5S2. The first-order valence-electron chi connectivity index (χ1n) is 18.8. The minimum atomic E-state index is -9.92. The van der Waals surface area contributed by atoms with E-state index in [0.717, 1.165) is 18.2 Å². The minimum Gasteiger partial charge on any atom is -0.464 e. The first kappa shape index (κ1) is 62.3. The van der Waals surface area contributed by atoms with E-state index in [-0.39, 0.29) is 18.2 Å². The van der Waals surface area contributed by atoms with Crippen LogP contribution >= 0.6 is 26.2 Å². The van der Waals surface area contributed by atoms with Gasteiger partial charge in [0.25, 0.3) is 0 Å². The number of unbranched alkanes of at least 4 members (excludes halogenated alkanes) is 3. The lowest BCUT2D eigenvalue weighted by atomic mass is 9.78. The van der Waals surface area contributed by atoms with Gasteiger partial charge in [0.2, 0.25) is 0 Å². The van der Waals surface area contributed by atoms with Gasteiger partial charge >= 0.3 is 92.4 Å². The van der Waals surface area contributed by atoms with Crippen LogP contribution in [0.3, 0.4) is 0 Å². The van der Waals surface area contributed by atoms with Gasteiger partial charge in [0.05, 0.1) is 6.61 Å². The molecule has 3 aromatic rings. The average molecular weight is 1200 g/mol. The number of benzene rings is 3. The van der Waals surface area contributed by atoms with E-state index in [1.807, 2.05) is 0 Å². The largest absolute Gasteiger partial charge is 0.464 e. The quantitative estimate of drug-likeness (QED) is 0.0410. The lowest BCUT2D eigenvalue weighted by Gasteiger charge is -2.50. The maximum absolute atomic E-state index is 17.2. The fourth-order valence-electron chi connectivity index (χ4n) is 6.22. The summed E-state index contributed by atoms with van der Waals surface area (Å²) < 4.78 is 417. The second-order valence-electron chi connectivity index (χ2n) is 14.7. The molecule has 410 valence electrons. The zero-order valence-electron chi connectivity index (χ0n) is 34.5. The summed E-state index contributed by atoms with van der Waals surface area (Å²) in [6.45, 7) is -2.28. The molecule has 72 heavy (non-hydrogen) atoms. The van der Waals surface area contributed by atoms with Gasteiger partial charge < -0.3 is 4.74 Å². The summed E-state index contributed by atoms with van der Waals surface area (Å²) in [4.78, 5) is 10.5. The predicted octanol–water partition coefficient (Wildman–Crippen LogP) is 14.9. The first-order valence-corrected chi connectivity index (χ1v) is 22.9. The molecule has 0 aliphatic carbocycles. The fraction of sp³-hybridized carbons (Fsp3) is 0.500. The minimum absolute atomic E-state index is 0.0148. The number of esters is 1. The second kappa shape index (κ2) is 20.0. The van der Waals surface area contributed by atoms with E-state index in [1.54, 1.807) is 0 Å². The molecular weight excluding hydrogens is 1170 g/mol. The number of hydrogen-bond acceptors (Lipinski definition) is 5. The van der Waals surface area contributed by atoms with Crippen molar-refractivity contribution in [2.24, 2.45) is 0 Å². The van der Waals surface area contributed by atoms with E-state index >= 15 is 52.7 Å². The van der Waals surface area contributed by atoms with E-state index in [2.05, 4.69) is 24.3 Å². The Morgan fingerprint density at radius 2 is 0.653 bits per heavy atom. The summed E-state index contributed by atoms with van der Waals surface area (Å²) in [5.74, 6) is -101. The fourth-order valence-corrected chi connectivity index (χ4v) is 12.6. The van der Waals surface area contributed by atoms with E-state index in [9.17, 15) is 74.7 Å². The normalized spacial score (nSPS) is 15.4. The second-order valence-corrected chi connectivity index (χ2v) is 20.1. The summed E-state index contributed by atoms with van der Waals surface area (Å²) >= 11 is 2.83. The van der Waals surface area contributed by atoms with Crippen molar-refractivity contribution < 1.29 is 136 Å². The van der Waals surface area contributed by atoms with E-state index in [0.29, 0.717) is 72.8 Å². The first-order chi connectivity index (χ1) is 32.3. The van der Waals surface area contributed by atoms with Gasteiger partial charge in [-0.25, -0.2) is 8.42 Å². The Balaban J connectivity index is 2.90. The van der Waals surface area contributed by atoms with Gasteiger partial charge in [-0.3, -0.25) is 0 Å².